The maximum atomic E-state index is 11.6. The highest BCUT2D eigenvalue weighted by molar-refractivity contribution is 7.81. The molecule has 2 atom stereocenters. The Kier molecular flexibility index (Phi) is 3.93. The predicted molar refractivity (Wildman–Crippen MR) is 76.6 cm³/mol. The molecule has 1 aliphatic rings. The Morgan fingerprint density at radius 1 is 1.60 bits per heavy atom. The van der Waals surface area contributed by atoms with Gasteiger partial charge in [0.1, 0.15) is 17.5 Å². The van der Waals surface area contributed by atoms with E-state index in [2.05, 4.69) is 17.9 Å². The number of benzene rings is 1. The number of thiol groups is 1. The Morgan fingerprint density at radius 3 is 2.90 bits per heavy atom. The molecule has 0 saturated carbocycles. The quantitative estimate of drug-likeness (QED) is 0.715. The smallest absolute Gasteiger partial charge is 0.230 e. The number of nitrogens with zero attached hydrogens (tertiary/aromatic N) is 1. The molecule has 0 radical (unpaired) electrons. The average Bonchev–Trinajstić information content (AvgIpc) is 2.43. The molecule has 2 N–H and O–H groups in total. The fraction of sp³-hybridized carbons (Fsp3) is 0.429. The van der Waals surface area contributed by atoms with Crippen LogP contribution < -0.4 is 10.1 Å². The van der Waals surface area contributed by atoms with Crippen molar-refractivity contribution in [1.29, 1.82) is 5.26 Å². The van der Waals surface area contributed by atoms with Crippen LogP contribution in [0.15, 0.2) is 18.2 Å². The Morgan fingerprint density at radius 2 is 2.30 bits per heavy atom. The highest BCUT2D eigenvalue weighted by atomic mass is 32.1. The number of hydrogen-bond acceptors (Lipinski definition) is 5. The van der Waals surface area contributed by atoms with Gasteiger partial charge in [-0.2, -0.15) is 17.9 Å². The number of aliphatic hydroxyl groups is 1. The second kappa shape index (κ2) is 5.35. The minimum absolute atomic E-state index is 0.0256. The molecule has 0 aliphatic carbocycles. The summed E-state index contributed by atoms with van der Waals surface area (Å²) >= 11 is 3.92. The molecule has 2 rings (SSSR count). The van der Waals surface area contributed by atoms with Crippen molar-refractivity contribution in [3.05, 3.63) is 29.3 Å². The van der Waals surface area contributed by atoms with Crippen molar-refractivity contribution < 1.29 is 14.6 Å². The summed E-state index contributed by atoms with van der Waals surface area (Å²) in [5.74, 6) is 0.296. The van der Waals surface area contributed by atoms with Gasteiger partial charge in [0.25, 0.3) is 0 Å². The van der Waals surface area contributed by atoms with Crippen LogP contribution >= 0.6 is 12.6 Å². The highest BCUT2D eigenvalue weighted by Gasteiger charge is 2.43. The lowest BCUT2D eigenvalue weighted by atomic mass is 9.86. The van der Waals surface area contributed by atoms with Crippen LogP contribution in [0.5, 0.6) is 5.75 Å². The number of ether oxygens (including phenoxy) is 1. The number of fused-ring (bicyclic) bond motifs is 1. The molecule has 0 fully saturated rings. The summed E-state index contributed by atoms with van der Waals surface area (Å²) in [5, 5.41) is 22.1. The molecule has 2 unspecified atom stereocenters. The predicted octanol–water partition coefficient (Wildman–Crippen LogP) is 1.18. The molecule has 20 heavy (non-hydrogen) atoms. The molecule has 0 aromatic heterocycles. The Balaban J connectivity index is 2.48. The van der Waals surface area contributed by atoms with E-state index < -0.39 is 17.7 Å². The molecule has 5 nitrogen and oxygen atoms in total. The number of nitriles is 1. The van der Waals surface area contributed by atoms with Gasteiger partial charge in [-0.3, -0.25) is 4.79 Å². The molecular formula is C14H16N2O3S. The van der Waals surface area contributed by atoms with Crippen molar-refractivity contribution in [2.45, 2.75) is 31.6 Å². The van der Waals surface area contributed by atoms with Crippen molar-refractivity contribution in [1.82, 2.24) is 5.32 Å². The van der Waals surface area contributed by atoms with Gasteiger partial charge in [0.15, 0.2) is 0 Å². The minimum atomic E-state index is -0.923. The Hall–Kier alpha value is -1.71. The summed E-state index contributed by atoms with van der Waals surface area (Å²) in [7, 11) is 0. The van der Waals surface area contributed by atoms with E-state index in [1.54, 1.807) is 32.0 Å². The highest BCUT2D eigenvalue weighted by Crippen LogP contribution is 2.40. The van der Waals surface area contributed by atoms with Crippen LogP contribution in [-0.4, -0.2) is 28.5 Å². The third-order valence-electron chi connectivity index (χ3n) is 3.34. The monoisotopic (exact) mass is 292 g/mol. The molecule has 0 spiro atoms. The van der Waals surface area contributed by atoms with E-state index in [0.29, 0.717) is 16.9 Å². The van der Waals surface area contributed by atoms with E-state index >= 15 is 0 Å². The van der Waals surface area contributed by atoms with Crippen LogP contribution in [0.2, 0.25) is 0 Å². The number of aliphatic hydroxyl groups excluding tert-OH is 1. The molecule has 6 heteroatoms. The Labute approximate surface area is 123 Å². The summed E-state index contributed by atoms with van der Waals surface area (Å²) in [5.41, 5.74) is 0.214. The van der Waals surface area contributed by atoms with Crippen molar-refractivity contribution in [3.63, 3.8) is 0 Å². The Bertz CT molecular complexity index is 580. The van der Waals surface area contributed by atoms with Gasteiger partial charge < -0.3 is 15.2 Å². The van der Waals surface area contributed by atoms with Crippen LogP contribution in [0.4, 0.5) is 0 Å². The maximum absolute atomic E-state index is 11.6. The van der Waals surface area contributed by atoms with E-state index in [0.717, 1.165) is 0 Å². The number of nitrogens with one attached hydrogen (secondary N) is 1. The van der Waals surface area contributed by atoms with E-state index in [4.69, 9.17) is 10.00 Å². The number of carbonyl (C=O) groups is 1. The summed E-state index contributed by atoms with van der Waals surface area (Å²) in [6, 6.07) is 6.36. The maximum Gasteiger partial charge on any atom is 0.230 e. The molecule has 1 amide bonds. The van der Waals surface area contributed by atoms with Gasteiger partial charge in [0.05, 0.1) is 23.4 Å². The van der Waals surface area contributed by atoms with Crippen LogP contribution in [-0.2, 0) is 4.79 Å². The number of carbonyl (C=O) groups excluding carboxylic acids is 1. The first-order chi connectivity index (χ1) is 9.39. The van der Waals surface area contributed by atoms with Gasteiger partial charge in [-0.15, -0.1) is 0 Å². The number of hydrogen-bond donors (Lipinski definition) is 3. The van der Waals surface area contributed by atoms with Crippen molar-refractivity contribution in [3.8, 4) is 11.8 Å². The zero-order chi connectivity index (χ0) is 14.9. The molecular weight excluding hydrogens is 276 g/mol. The van der Waals surface area contributed by atoms with Crippen LogP contribution in [0.3, 0.4) is 0 Å². The lowest BCUT2D eigenvalue weighted by molar-refractivity contribution is -0.123. The zero-order valence-electron chi connectivity index (χ0n) is 11.3. The summed E-state index contributed by atoms with van der Waals surface area (Å²) in [6.07, 6.45) is -0.923. The van der Waals surface area contributed by atoms with Gasteiger partial charge in [0, 0.05) is 5.56 Å². The van der Waals surface area contributed by atoms with Crippen LogP contribution in [0.1, 0.15) is 31.0 Å². The number of rotatable bonds is 2. The van der Waals surface area contributed by atoms with Crippen molar-refractivity contribution in [2.24, 2.45) is 0 Å². The first kappa shape index (κ1) is 14.7. The fourth-order valence-corrected chi connectivity index (χ4v) is 2.34. The summed E-state index contributed by atoms with van der Waals surface area (Å²) in [6.45, 7) is 3.50. The second-order valence-electron chi connectivity index (χ2n) is 5.22. The molecule has 106 valence electrons. The van der Waals surface area contributed by atoms with Gasteiger partial charge in [-0.25, -0.2) is 0 Å². The summed E-state index contributed by atoms with van der Waals surface area (Å²) < 4.78 is 5.75. The fourth-order valence-electron chi connectivity index (χ4n) is 2.24. The second-order valence-corrected chi connectivity index (χ2v) is 5.53. The van der Waals surface area contributed by atoms with Gasteiger partial charge in [-0.1, -0.05) is 0 Å². The third-order valence-corrected chi connectivity index (χ3v) is 3.62. The largest absolute Gasteiger partial charge is 0.485 e. The van der Waals surface area contributed by atoms with Gasteiger partial charge in [0.2, 0.25) is 5.91 Å². The third kappa shape index (κ3) is 2.60. The lowest BCUT2D eigenvalue weighted by Gasteiger charge is -2.42. The topological polar surface area (TPSA) is 82.3 Å². The average molecular weight is 292 g/mol. The lowest BCUT2D eigenvalue weighted by Crippen LogP contribution is -2.53. The first-order valence-corrected chi connectivity index (χ1v) is 6.83. The molecule has 1 aromatic carbocycles. The standard InChI is InChI=1S/C14H16N2O3S/c1-14(2)13(18)12(16-11(17)7-20)9-5-8(6-15)3-4-10(9)19-14/h3-5,12-13,18,20H,7H2,1-2H3,(H,16,17). The molecule has 1 aromatic rings. The van der Waals surface area contributed by atoms with Crippen LogP contribution in [0, 0.1) is 11.3 Å². The zero-order valence-corrected chi connectivity index (χ0v) is 12.1. The summed E-state index contributed by atoms with van der Waals surface area (Å²) in [4.78, 5) is 11.6. The molecule has 0 saturated heterocycles. The minimum Gasteiger partial charge on any atom is -0.485 e. The number of amides is 1. The normalized spacial score (nSPS) is 23.1. The van der Waals surface area contributed by atoms with Crippen LogP contribution in [0.25, 0.3) is 0 Å². The first-order valence-electron chi connectivity index (χ1n) is 6.20. The SMILES string of the molecule is CC1(C)Oc2ccc(C#N)cc2C(NC(=O)CS)C1O. The van der Waals surface area contributed by atoms with Crippen molar-refractivity contribution in [2.75, 3.05) is 5.75 Å². The van der Waals surface area contributed by atoms with Gasteiger partial charge >= 0.3 is 0 Å². The molecule has 1 aliphatic heterocycles. The van der Waals surface area contributed by atoms with Crippen molar-refractivity contribution >= 4 is 18.5 Å². The molecule has 1 heterocycles. The van der Waals surface area contributed by atoms with E-state index in [-0.39, 0.29) is 11.7 Å². The molecule has 0 bridgehead atoms. The van der Waals surface area contributed by atoms with E-state index in [9.17, 15) is 9.90 Å². The van der Waals surface area contributed by atoms with E-state index in [1.165, 1.54) is 0 Å². The van der Waals surface area contributed by atoms with E-state index in [1.807, 2.05) is 6.07 Å². The van der Waals surface area contributed by atoms with Gasteiger partial charge in [-0.05, 0) is 32.0 Å².